The van der Waals surface area contributed by atoms with Gasteiger partial charge < -0.3 is 15.0 Å². The number of hydrogen-bond acceptors (Lipinski definition) is 5. The minimum Gasteiger partial charge on any atom is -0.378 e. The average Bonchev–Trinajstić information content (AvgIpc) is 3.03. The topological polar surface area (TPSA) is 37.4 Å². The molecular formula is C16H21N3OS. The van der Waals surface area contributed by atoms with Gasteiger partial charge in [-0.25, -0.2) is 4.98 Å². The Hall–Kier alpha value is -1.43. The quantitative estimate of drug-likeness (QED) is 0.921. The molecule has 5 heteroatoms. The Kier molecular flexibility index (Phi) is 4.85. The molecule has 2 aromatic rings. The summed E-state index contributed by atoms with van der Waals surface area (Å²) in [5.74, 6) is 0. The summed E-state index contributed by atoms with van der Waals surface area (Å²) in [6, 6.07) is 10.9. The van der Waals surface area contributed by atoms with E-state index in [2.05, 4.69) is 45.9 Å². The molecule has 0 amide bonds. The molecule has 1 aromatic carbocycles. The van der Waals surface area contributed by atoms with Crippen LogP contribution in [0.3, 0.4) is 0 Å². The van der Waals surface area contributed by atoms with Crippen LogP contribution in [0.4, 0.5) is 5.13 Å². The molecule has 1 fully saturated rings. The lowest BCUT2D eigenvalue weighted by atomic mass is 10.0. The van der Waals surface area contributed by atoms with Crippen LogP contribution in [-0.4, -0.2) is 38.3 Å². The summed E-state index contributed by atoms with van der Waals surface area (Å²) in [4.78, 5) is 7.11. The molecule has 4 nitrogen and oxygen atoms in total. The van der Waals surface area contributed by atoms with Crippen molar-refractivity contribution in [2.75, 3.05) is 38.3 Å². The highest BCUT2D eigenvalue weighted by atomic mass is 32.1. The largest absolute Gasteiger partial charge is 0.378 e. The van der Waals surface area contributed by atoms with E-state index < -0.39 is 0 Å². The lowest BCUT2D eigenvalue weighted by molar-refractivity contribution is 0.122. The first-order valence-electron chi connectivity index (χ1n) is 7.36. The molecule has 1 N–H and O–H groups in total. The van der Waals surface area contributed by atoms with Gasteiger partial charge in [0.1, 0.15) is 0 Å². The van der Waals surface area contributed by atoms with Crippen molar-refractivity contribution in [3.8, 4) is 0 Å². The predicted molar refractivity (Wildman–Crippen MR) is 87.1 cm³/mol. The van der Waals surface area contributed by atoms with E-state index >= 15 is 0 Å². The molecule has 0 saturated carbocycles. The van der Waals surface area contributed by atoms with Crippen LogP contribution in [0.15, 0.2) is 35.7 Å². The van der Waals surface area contributed by atoms with E-state index in [1.54, 1.807) is 11.3 Å². The molecule has 112 valence electrons. The molecule has 1 unspecified atom stereocenters. The van der Waals surface area contributed by atoms with Crippen molar-refractivity contribution in [2.24, 2.45) is 0 Å². The maximum Gasteiger partial charge on any atom is 0.185 e. The molecule has 1 aliphatic rings. The summed E-state index contributed by atoms with van der Waals surface area (Å²) < 4.78 is 5.39. The first kappa shape index (κ1) is 14.5. The minimum absolute atomic E-state index is 0.311. The number of nitrogens with one attached hydrogen (secondary N) is 1. The Morgan fingerprint density at radius 3 is 2.76 bits per heavy atom. The number of nitrogens with zero attached hydrogens (tertiary/aromatic N) is 2. The second kappa shape index (κ2) is 7.02. The molecule has 3 rings (SSSR count). The van der Waals surface area contributed by atoms with Crippen LogP contribution in [0.5, 0.6) is 0 Å². The van der Waals surface area contributed by atoms with E-state index in [0.717, 1.165) is 43.5 Å². The third kappa shape index (κ3) is 3.61. The standard InChI is InChI=1S/C16H21N3OS/c1-17-15(13-5-3-2-4-6-13)11-14-12-21-16(18-14)19-7-9-20-10-8-19/h2-6,12,15,17H,7-11H2,1H3. The predicted octanol–water partition coefficient (Wildman–Crippen LogP) is 2.48. The second-order valence-corrected chi connectivity index (χ2v) is 6.01. The van der Waals surface area contributed by atoms with Crippen LogP contribution in [0.2, 0.25) is 0 Å². The van der Waals surface area contributed by atoms with Crippen molar-refractivity contribution in [3.63, 3.8) is 0 Å². The molecule has 1 aliphatic heterocycles. The van der Waals surface area contributed by atoms with E-state index in [-0.39, 0.29) is 0 Å². The Balaban J connectivity index is 1.68. The molecule has 0 spiro atoms. The summed E-state index contributed by atoms with van der Waals surface area (Å²) in [5, 5.41) is 6.69. The number of rotatable bonds is 5. The number of aromatic nitrogens is 1. The summed E-state index contributed by atoms with van der Waals surface area (Å²) >= 11 is 1.74. The maximum absolute atomic E-state index is 5.39. The summed E-state index contributed by atoms with van der Waals surface area (Å²) in [5.41, 5.74) is 2.46. The number of anilines is 1. The van der Waals surface area contributed by atoms with Crippen LogP contribution >= 0.6 is 11.3 Å². The van der Waals surface area contributed by atoms with Crippen LogP contribution in [0, 0.1) is 0 Å². The first-order chi connectivity index (χ1) is 10.4. The normalized spacial score (nSPS) is 16.9. The van der Waals surface area contributed by atoms with Gasteiger partial charge in [0, 0.05) is 30.9 Å². The van der Waals surface area contributed by atoms with E-state index in [0.29, 0.717) is 6.04 Å². The minimum atomic E-state index is 0.311. The fraction of sp³-hybridized carbons (Fsp3) is 0.438. The number of likely N-dealkylation sites (N-methyl/N-ethyl adjacent to an activating group) is 1. The summed E-state index contributed by atoms with van der Waals surface area (Å²) in [6.45, 7) is 3.50. The molecule has 1 saturated heterocycles. The average molecular weight is 303 g/mol. The van der Waals surface area contributed by atoms with Crippen molar-refractivity contribution in [1.82, 2.24) is 10.3 Å². The van der Waals surface area contributed by atoms with Crippen molar-refractivity contribution in [3.05, 3.63) is 47.0 Å². The van der Waals surface area contributed by atoms with Crippen LogP contribution in [0.1, 0.15) is 17.3 Å². The van der Waals surface area contributed by atoms with Gasteiger partial charge in [0.15, 0.2) is 5.13 Å². The van der Waals surface area contributed by atoms with Crippen molar-refractivity contribution < 1.29 is 4.74 Å². The molecular weight excluding hydrogens is 282 g/mol. The lowest BCUT2D eigenvalue weighted by Gasteiger charge is -2.26. The third-order valence-electron chi connectivity index (χ3n) is 3.78. The maximum atomic E-state index is 5.39. The van der Waals surface area contributed by atoms with Gasteiger partial charge in [0.2, 0.25) is 0 Å². The van der Waals surface area contributed by atoms with Gasteiger partial charge in [0.25, 0.3) is 0 Å². The Morgan fingerprint density at radius 1 is 1.29 bits per heavy atom. The Labute approximate surface area is 129 Å². The Bertz CT molecular complexity index is 552. The van der Waals surface area contributed by atoms with E-state index in [1.807, 2.05) is 7.05 Å². The van der Waals surface area contributed by atoms with E-state index in [4.69, 9.17) is 9.72 Å². The van der Waals surface area contributed by atoms with Gasteiger partial charge >= 0.3 is 0 Å². The second-order valence-electron chi connectivity index (χ2n) is 5.18. The lowest BCUT2D eigenvalue weighted by Crippen LogP contribution is -2.36. The zero-order chi connectivity index (χ0) is 14.5. The molecule has 1 atom stereocenters. The monoisotopic (exact) mass is 303 g/mol. The smallest absolute Gasteiger partial charge is 0.185 e. The molecule has 0 aliphatic carbocycles. The van der Waals surface area contributed by atoms with Gasteiger partial charge in [0.05, 0.1) is 18.9 Å². The molecule has 2 heterocycles. The summed E-state index contributed by atoms with van der Waals surface area (Å²) in [6.07, 6.45) is 0.918. The highest BCUT2D eigenvalue weighted by molar-refractivity contribution is 7.13. The molecule has 0 bridgehead atoms. The first-order valence-corrected chi connectivity index (χ1v) is 8.24. The number of ether oxygens (including phenoxy) is 1. The number of hydrogen-bond donors (Lipinski definition) is 1. The van der Waals surface area contributed by atoms with Crippen LogP contribution < -0.4 is 10.2 Å². The SMILES string of the molecule is CNC(Cc1csc(N2CCOCC2)n1)c1ccccc1. The fourth-order valence-corrected chi connectivity index (χ4v) is 3.46. The highest BCUT2D eigenvalue weighted by Crippen LogP contribution is 2.25. The zero-order valence-electron chi connectivity index (χ0n) is 12.3. The highest BCUT2D eigenvalue weighted by Gasteiger charge is 2.16. The van der Waals surface area contributed by atoms with Gasteiger partial charge in [-0.3, -0.25) is 0 Å². The Morgan fingerprint density at radius 2 is 2.05 bits per heavy atom. The van der Waals surface area contributed by atoms with Crippen molar-refractivity contribution in [1.29, 1.82) is 0 Å². The van der Waals surface area contributed by atoms with Crippen molar-refractivity contribution >= 4 is 16.5 Å². The van der Waals surface area contributed by atoms with Gasteiger partial charge in [-0.05, 0) is 12.6 Å². The van der Waals surface area contributed by atoms with E-state index in [9.17, 15) is 0 Å². The zero-order valence-corrected chi connectivity index (χ0v) is 13.1. The van der Waals surface area contributed by atoms with Crippen molar-refractivity contribution in [2.45, 2.75) is 12.5 Å². The van der Waals surface area contributed by atoms with Gasteiger partial charge in [-0.2, -0.15) is 0 Å². The summed E-state index contributed by atoms with van der Waals surface area (Å²) in [7, 11) is 2.01. The molecule has 1 aromatic heterocycles. The van der Waals surface area contributed by atoms with E-state index in [1.165, 1.54) is 5.56 Å². The van der Waals surface area contributed by atoms with Crippen LogP contribution in [-0.2, 0) is 11.2 Å². The number of thiazole rings is 1. The molecule has 0 radical (unpaired) electrons. The van der Waals surface area contributed by atoms with Gasteiger partial charge in [-0.15, -0.1) is 11.3 Å². The number of morpholine rings is 1. The third-order valence-corrected chi connectivity index (χ3v) is 4.74. The number of benzene rings is 1. The fourth-order valence-electron chi connectivity index (χ4n) is 2.57. The molecule has 21 heavy (non-hydrogen) atoms. The van der Waals surface area contributed by atoms with Gasteiger partial charge in [-0.1, -0.05) is 30.3 Å². The van der Waals surface area contributed by atoms with Crippen LogP contribution in [0.25, 0.3) is 0 Å².